The molecule has 1 fully saturated rings. The van der Waals surface area contributed by atoms with Crippen molar-refractivity contribution < 1.29 is 14.0 Å². The zero-order valence-corrected chi connectivity index (χ0v) is 23.1. The van der Waals surface area contributed by atoms with E-state index < -0.39 is 11.7 Å². The van der Waals surface area contributed by atoms with Crippen LogP contribution in [0.25, 0.3) is 0 Å². The molecule has 1 aromatic heterocycles. The number of pyridine rings is 1. The number of benzene rings is 3. The lowest BCUT2D eigenvalue weighted by Gasteiger charge is -2.44. The maximum Gasteiger partial charge on any atom is 0.258 e. The molecule has 0 aliphatic carbocycles. The number of rotatable bonds is 7. The number of para-hydroxylation sites is 1. The molecule has 3 aromatic carbocycles. The van der Waals surface area contributed by atoms with Gasteiger partial charge in [0, 0.05) is 60.7 Å². The van der Waals surface area contributed by atoms with Gasteiger partial charge in [0.25, 0.3) is 17.4 Å². The summed E-state index contributed by atoms with van der Waals surface area (Å²) in [6.45, 7) is 6.15. The molecule has 2 aliphatic rings. The summed E-state index contributed by atoms with van der Waals surface area (Å²) >= 11 is 0. The standard InChI is InChI=1S/C34H31FN4O3/c1-2-17-38(28-7-4-3-5-8-28)34(42)25-13-16-31(29(19-25)36-33(41)24-11-14-27(35)15-12-24)37-20-23-18-26(22-37)30-9-6-10-32(40)39(30)21-23/h2-16,19,23,26H,1,17-18,20-22H2,(H,36,41)/t23-,26+/m1/s1. The van der Waals surface area contributed by atoms with Crippen molar-refractivity contribution in [2.45, 2.75) is 18.9 Å². The van der Waals surface area contributed by atoms with Crippen LogP contribution in [0.5, 0.6) is 0 Å². The summed E-state index contributed by atoms with van der Waals surface area (Å²) in [7, 11) is 0. The lowest BCUT2D eigenvalue weighted by Crippen LogP contribution is -2.47. The van der Waals surface area contributed by atoms with E-state index in [1.165, 1.54) is 24.3 Å². The van der Waals surface area contributed by atoms with Gasteiger partial charge in [-0.15, -0.1) is 6.58 Å². The third-order valence-electron chi connectivity index (χ3n) is 8.04. The minimum absolute atomic E-state index is 0.0215. The van der Waals surface area contributed by atoms with Crippen LogP contribution < -0.4 is 20.7 Å². The molecule has 0 spiro atoms. The summed E-state index contributed by atoms with van der Waals surface area (Å²) in [4.78, 5) is 43.5. The van der Waals surface area contributed by atoms with Gasteiger partial charge in [-0.25, -0.2) is 4.39 Å². The van der Waals surface area contributed by atoms with Crippen LogP contribution in [-0.2, 0) is 6.54 Å². The zero-order chi connectivity index (χ0) is 29.2. The fraction of sp³-hybridized carbons (Fsp3) is 0.206. The molecular weight excluding hydrogens is 531 g/mol. The molecule has 1 N–H and O–H groups in total. The Labute approximate surface area is 243 Å². The van der Waals surface area contributed by atoms with Crippen LogP contribution in [0.4, 0.5) is 21.5 Å². The molecule has 6 rings (SSSR count). The second kappa shape index (κ2) is 11.5. The molecule has 3 heterocycles. The van der Waals surface area contributed by atoms with Gasteiger partial charge in [-0.1, -0.05) is 30.3 Å². The number of fused-ring (bicyclic) bond motifs is 4. The van der Waals surface area contributed by atoms with Crippen LogP contribution in [0.1, 0.15) is 38.7 Å². The predicted octanol–water partition coefficient (Wildman–Crippen LogP) is 5.70. The van der Waals surface area contributed by atoms with Gasteiger partial charge in [0.15, 0.2) is 0 Å². The van der Waals surface area contributed by atoms with Crippen LogP contribution in [0.2, 0.25) is 0 Å². The highest BCUT2D eigenvalue weighted by Gasteiger charge is 2.35. The molecule has 8 heteroatoms. The smallest absolute Gasteiger partial charge is 0.258 e. The molecule has 4 aromatic rings. The number of amides is 2. The lowest BCUT2D eigenvalue weighted by molar-refractivity contribution is 0.0987. The van der Waals surface area contributed by atoms with E-state index in [2.05, 4.69) is 16.8 Å². The van der Waals surface area contributed by atoms with Gasteiger partial charge in [0.05, 0.1) is 11.4 Å². The predicted molar refractivity (Wildman–Crippen MR) is 163 cm³/mol. The van der Waals surface area contributed by atoms with Gasteiger partial charge in [-0.05, 0) is 73.0 Å². The van der Waals surface area contributed by atoms with E-state index in [4.69, 9.17) is 0 Å². The van der Waals surface area contributed by atoms with Gasteiger partial charge < -0.3 is 19.7 Å². The number of hydrogen-bond acceptors (Lipinski definition) is 4. The third-order valence-corrected chi connectivity index (χ3v) is 8.04. The summed E-state index contributed by atoms with van der Waals surface area (Å²) in [6.07, 6.45) is 2.66. The third kappa shape index (κ3) is 5.35. The fourth-order valence-electron chi connectivity index (χ4n) is 6.13. The average Bonchev–Trinajstić information content (AvgIpc) is 3.01. The van der Waals surface area contributed by atoms with Crippen molar-refractivity contribution >= 4 is 28.9 Å². The summed E-state index contributed by atoms with van der Waals surface area (Å²) in [5.74, 6) is -0.633. The fourth-order valence-corrected chi connectivity index (χ4v) is 6.13. The Bertz CT molecular complexity index is 1700. The first-order valence-corrected chi connectivity index (χ1v) is 14.0. The van der Waals surface area contributed by atoms with Crippen molar-refractivity contribution in [3.63, 3.8) is 0 Å². The minimum atomic E-state index is -0.428. The maximum absolute atomic E-state index is 13.8. The molecule has 2 aliphatic heterocycles. The molecular formula is C34H31FN4O3. The second-order valence-electron chi connectivity index (χ2n) is 10.8. The maximum atomic E-state index is 13.8. The molecule has 2 atom stereocenters. The average molecular weight is 563 g/mol. The molecule has 2 amide bonds. The van der Waals surface area contributed by atoms with Gasteiger partial charge in [-0.2, -0.15) is 0 Å². The SMILES string of the molecule is C=CCN(C(=O)c1ccc(N2C[C@H]3C[C@@H](C2)c2cccc(=O)n2C3)c(NC(=O)c2ccc(F)cc2)c1)c1ccccc1. The van der Waals surface area contributed by atoms with Crippen LogP contribution in [-0.4, -0.2) is 36.0 Å². The second-order valence-corrected chi connectivity index (χ2v) is 10.8. The molecule has 2 bridgehead atoms. The Morgan fingerprint density at radius 1 is 0.929 bits per heavy atom. The van der Waals surface area contributed by atoms with Crippen LogP contribution in [0, 0.1) is 11.7 Å². The quantitative estimate of drug-likeness (QED) is 0.294. The number of hydrogen-bond donors (Lipinski definition) is 1. The van der Waals surface area contributed by atoms with Crippen LogP contribution in [0.15, 0.2) is 108 Å². The Morgan fingerprint density at radius 3 is 2.45 bits per heavy atom. The molecule has 0 unspecified atom stereocenters. The van der Waals surface area contributed by atoms with E-state index >= 15 is 0 Å². The highest BCUT2D eigenvalue weighted by atomic mass is 19.1. The van der Waals surface area contributed by atoms with Crippen molar-refractivity contribution in [3.8, 4) is 0 Å². The van der Waals surface area contributed by atoms with Crippen molar-refractivity contribution in [1.82, 2.24) is 4.57 Å². The largest absolute Gasteiger partial charge is 0.369 e. The summed E-state index contributed by atoms with van der Waals surface area (Å²) in [6, 6.07) is 25.5. The van der Waals surface area contributed by atoms with Crippen LogP contribution >= 0.6 is 0 Å². The Morgan fingerprint density at radius 2 is 1.69 bits per heavy atom. The van der Waals surface area contributed by atoms with Crippen molar-refractivity contribution in [2.24, 2.45) is 5.92 Å². The first kappa shape index (κ1) is 27.2. The molecule has 0 radical (unpaired) electrons. The number of carbonyl (C=O) groups excluding carboxylic acids is 2. The first-order valence-electron chi connectivity index (χ1n) is 14.0. The summed E-state index contributed by atoms with van der Waals surface area (Å²) in [5.41, 5.74) is 3.78. The van der Waals surface area contributed by atoms with Gasteiger partial charge >= 0.3 is 0 Å². The summed E-state index contributed by atoms with van der Waals surface area (Å²) in [5, 5.41) is 2.99. The van der Waals surface area contributed by atoms with E-state index in [-0.39, 0.29) is 23.3 Å². The highest BCUT2D eigenvalue weighted by molar-refractivity contribution is 6.10. The van der Waals surface area contributed by atoms with E-state index in [1.54, 1.807) is 29.2 Å². The number of nitrogens with zero attached hydrogens (tertiary/aromatic N) is 3. The number of anilines is 3. The lowest BCUT2D eigenvalue weighted by atomic mass is 9.83. The highest BCUT2D eigenvalue weighted by Crippen LogP contribution is 2.39. The zero-order valence-electron chi connectivity index (χ0n) is 23.1. The van der Waals surface area contributed by atoms with Crippen molar-refractivity contribution in [2.75, 3.05) is 34.8 Å². The van der Waals surface area contributed by atoms with E-state index in [0.29, 0.717) is 43.0 Å². The van der Waals surface area contributed by atoms with E-state index in [0.717, 1.165) is 23.5 Å². The number of carbonyl (C=O) groups is 2. The van der Waals surface area contributed by atoms with Crippen LogP contribution in [0.3, 0.4) is 0 Å². The van der Waals surface area contributed by atoms with Gasteiger partial charge in [0.1, 0.15) is 5.82 Å². The molecule has 212 valence electrons. The Balaban J connectivity index is 1.36. The topological polar surface area (TPSA) is 74.7 Å². The molecule has 0 saturated carbocycles. The molecule has 42 heavy (non-hydrogen) atoms. The monoisotopic (exact) mass is 562 g/mol. The Kier molecular flexibility index (Phi) is 7.44. The Hall–Kier alpha value is -4.98. The summed E-state index contributed by atoms with van der Waals surface area (Å²) < 4.78 is 15.4. The van der Waals surface area contributed by atoms with Crippen molar-refractivity contribution in [1.29, 1.82) is 0 Å². The number of halogens is 1. The van der Waals surface area contributed by atoms with Gasteiger partial charge in [-0.3, -0.25) is 14.4 Å². The number of piperidine rings is 1. The molecule has 7 nitrogen and oxygen atoms in total. The number of aromatic nitrogens is 1. The molecule has 1 saturated heterocycles. The first-order chi connectivity index (χ1) is 20.4. The van der Waals surface area contributed by atoms with Gasteiger partial charge in [0.2, 0.25) is 0 Å². The van der Waals surface area contributed by atoms with Crippen molar-refractivity contribution in [3.05, 3.63) is 137 Å². The van der Waals surface area contributed by atoms with E-state index in [1.807, 2.05) is 53.1 Å². The minimum Gasteiger partial charge on any atom is -0.369 e. The normalized spacial score (nSPS) is 17.2. The number of nitrogens with one attached hydrogen (secondary N) is 1. The van der Waals surface area contributed by atoms with E-state index in [9.17, 15) is 18.8 Å².